The van der Waals surface area contributed by atoms with Crippen molar-refractivity contribution in [2.75, 3.05) is 13.7 Å². The van der Waals surface area contributed by atoms with Gasteiger partial charge in [-0.3, -0.25) is 0 Å². The van der Waals surface area contributed by atoms with Gasteiger partial charge in [0.25, 0.3) is 0 Å². The van der Waals surface area contributed by atoms with Crippen molar-refractivity contribution < 1.29 is 9.47 Å². The first-order chi connectivity index (χ1) is 13.7. The Kier molecular flexibility index (Phi) is 5.59. The Balaban J connectivity index is 1.65. The Bertz CT molecular complexity index is 853. The van der Waals surface area contributed by atoms with E-state index in [1.165, 1.54) is 18.4 Å². The maximum atomic E-state index is 6.32. The van der Waals surface area contributed by atoms with Gasteiger partial charge in [-0.15, -0.1) is 0 Å². The summed E-state index contributed by atoms with van der Waals surface area (Å²) in [5.41, 5.74) is 8.05. The molecule has 0 saturated heterocycles. The van der Waals surface area contributed by atoms with Gasteiger partial charge in [0, 0.05) is 5.56 Å². The van der Waals surface area contributed by atoms with Crippen molar-refractivity contribution in [1.82, 2.24) is 0 Å². The molecule has 0 amide bonds. The van der Waals surface area contributed by atoms with Crippen molar-refractivity contribution in [3.8, 4) is 23.3 Å². The van der Waals surface area contributed by atoms with Crippen molar-refractivity contribution >= 4 is 0 Å². The second-order valence-corrected chi connectivity index (χ2v) is 8.10. The molecule has 2 aromatic rings. The molecule has 2 fully saturated rings. The molecule has 0 bridgehead atoms. The highest BCUT2D eigenvalue weighted by Gasteiger charge is 2.44. The molecular formula is C25H29NO2. The standard InChI is InChI=1S/C25H29NO2/c1-27-23-12-11-21(15-24(23)28-22-9-5-6-10-22)25(16-20(17-25)18-26)14-13-19-7-3-2-4-8-19/h2-4,7-8,11-12,15,20,22H,5-6,9-10,16-18,26H2,1H3/t20-,25-. The van der Waals surface area contributed by atoms with Crippen LogP contribution < -0.4 is 15.2 Å². The quantitative estimate of drug-likeness (QED) is 0.772. The van der Waals surface area contributed by atoms with Crippen LogP contribution in [0.4, 0.5) is 0 Å². The van der Waals surface area contributed by atoms with Crippen molar-refractivity contribution in [2.24, 2.45) is 11.7 Å². The summed E-state index contributed by atoms with van der Waals surface area (Å²) in [6.07, 6.45) is 7.04. The van der Waals surface area contributed by atoms with Gasteiger partial charge in [-0.2, -0.15) is 0 Å². The highest BCUT2D eigenvalue weighted by Crippen LogP contribution is 2.49. The van der Waals surface area contributed by atoms with Crippen molar-refractivity contribution in [2.45, 2.75) is 50.0 Å². The van der Waals surface area contributed by atoms with Crippen molar-refractivity contribution in [3.63, 3.8) is 0 Å². The monoisotopic (exact) mass is 375 g/mol. The fourth-order valence-electron chi connectivity index (χ4n) is 4.47. The second-order valence-electron chi connectivity index (χ2n) is 8.10. The molecule has 3 heteroatoms. The van der Waals surface area contributed by atoms with E-state index in [2.05, 4.69) is 36.1 Å². The van der Waals surface area contributed by atoms with Crippen LogP contribution in [0.3, 0.4) is 0 Å². The van der Waals surface area contributed by atoms with Gasteiger partial charge in [0.1, 0.15) is 0 Å². The van der Waals surface area contributed by atoms with Crippen molar-refractivity contribution in [1.29, 1.82) is 0 Å². The molecule has 2 aliphatic rings. The largest absolute Gasteiger partial charge is 0.493 e. The molecule has 0 radical (unpaired) electrons. The zero-order valence-electron chi connectivity index (χ0n) is 16.6. The molecule has 4 rings (SSSR count). The number of rotatable bonds is 5. The molecule has 2 aliphatic carbocycles. The van der Waals surface area contributed by atoms with Gasteiger partial charge in [0.15, 0.2) is 11.5 Å². The third-order valence-electron chi connectivity index (χ3n) is 6.14. The lowest BCUT2D eigenvalue weighted by molar-refractivity contribution is 0.193. The summed E-state index contributed by atoms with van der Waals surface area (Å²) < 4.78 is 11.9. The molecule has 146 valence electrons. The van der Waals surface area contributed by atoms with Gasteiger partial charge in [0.05, 0.1) is 18.6 Å². The predicted molar refractivity (Wildman–Crippen MR) is 113 cm³/mol. The molecule has 28 heavy (non-hydrogen) atoms. The minimum absolute atomic E-state index is 0.153. The highest BCUT2D eigenvalue weighted by atomic mass is 16.5. The van der Waals surface area contributed by atoms with E-state index in [0.717, 1.165) is 49.3 Å². The van der Waals surface area contributed by atoms with Crippen LogP contribution in [0.25, 0.3) is 0 Å². The molecule has 0 aliphatic heterocycles. The normalized spacial score (nSPS) is 24.1. The van der Waals surface area contributed by atoms with E-state index in [1.54, 1.807) is 7.11 Å². The Hall–Kier alpha value is -2.44. The lowest BCUT2D eigenvalue weighted by Gasteiger charge is -2.44. The fraction of sp³-hybridized carbons (Fsp3) is 0.440. The minimum atomic E-state index is -0.153. The molecule has 2 aromatic carbocycles. The molecule has 0 spiro atoms. The van der Waals surface area contributed by atoms with Crippen LogP contribution in [0, 0.1) is 17.8 Å². The van der Waals surface area contributed by atoms with Gasteiger partial charge >= 0.3 is 0 Å². The Morgan fingerprint density at radius 2 is 1.79 bits per heavy atom. The van der Waals surface area contributed by atoms with E-state index in [-0.39, 0.29) is 5.41 Å². The zero-order valence-corrected chi connectivity index (χ0v) is 16.6. The third kappa shape index (κ3) is 3.88. The summed E-state index contributed by atoms with van der Waals surface area (Å²) in [4.78, 5) is 0. The first kappa shape index (κ1) is 18.9. The smallest absolute Gasteiger partial charge is 0.161 e. The van der Waals surface area contributed by atoms with E-state index in [4.69, 9.17) is 15.2 Å². The summed E-state index contributed by atoms with van der Waals surface area (Å²) in [5.74, 6) is 9.16. The first-order valence-corrected chi connectivity index (χ1v) is 10.4. The number of hydrogen-bond donors (Lipinski definition) is 1. The van der Waals surface area contributed by atoms with Crippen LogP contribution in [0.5, 0.6) is 11.5 Å². The topological polar surface area (TPSA) is 44.5 Å². The van der Waals surface area contributed by atoms with Crippen LogP contribution in [-0.2, 0) is 5.41 Å². The van der Waals surface area contributed by atoms with E-state index < -0.39 is 0 Å². The minimum Gasteiger partial charge on any atom is -0.493 e. The lowest BCUT2D eigenvalue weighted by atomic mass is 9.59. The lowest BCUT2D eigenvalue weighted by Crippen LogP contribution is -2.43. The van der Waals surface area contributed by atoms with E-state index in [0.29, 0.717) is 12.0 Å². The summed E-state index contributed by atoms with van der Waals surface area (Å²) in [6.45, 7) is 0.719. The van der Waals surface area contributed by atoms with Gasteiger partial charge in [0.2, 0.25) is 0 Å². The molecule has 0 aromatic heterocycles. The molecule has 2 N–H and O–H groups in total. The average Bonchev–Trinajstić information content (AvgIpc) is 3.21. The van der Waals surface area contributed by atoms with Gasteiger partial charge in [-0.05, 0) is 80.8 Å². The van der Waals surface area contributed by atoms with Crippen LogP contribution >= 0.6 is 0 Å². The van der Waals surface area contributed by atoms with E-state index >= 15 is 0 Å². The summed E-state index contributed by atoms with van der Waals surface area (Å²) in [6, 6.07) is 16.5. The average molecular weight is 376 g/mol. The Labute approximate surface area is 168 Å². The Morgan fingerprint density at radius 3 is 2.46 bits per heavy atom. The molecule has 0 unspecified atom stereocenters. The number of methoxy groups -OCH3 is 1. The fourth-order valence-corrected chi connectivity index (χ4v) is 4.47. The molecule has 0 heterocycles. The summed E-state index contributed by atoms with van der Waals surface area (Å²) >= 11 is 0. The van der Waals surface area contributed by atoms with Gasteiger partial charge < -0.3 is 15.2 Å². The number of ether oxygens (including phenoxy) is 2. The highest BCUT2D eigenvalue weighted by molar-refractivity contribution is 5.51. The summed E-state index contributed by atoms with van der Waals surface area (Å²) in [7, 11) is 1.70. The summed E-state index contributed by atoms with van der Waals surface area (Å²) in [5, 5.41) is 0. The SMILES string of the molecule is COc1ccc([C@]2(C#Cc3ccccc3)C[C@@H](CN)C2)cc1OC1CCCC1. The Morgan fingerprint density at radius 1 is 1.04 bits per heavy atom. The van der Waals surface area contributed by atoms with Crippen LogP contribution in [0.15, 0.2) is 48.5 Å². The molecular weight excluding hydrogens is 346 g/mol. The second kappa shape index (κ2) is 8.29. The molecule has 0 atom stereocenters. The van der Waals surface area contributed by atoms with Crippen molar-refractivity contribution in [3.05, 3.63) is 59.7 Å². The number of benzene rings is 2. The zero-order chi connectivity index (χ0) is 19.4. The molecule has 3 nitrogen and oxygen atoms in total. The maximum Gasteiger partial charge on any atom is 0.161 e. The van der Waals surface area contributed by atoms with Crippen LogP contribution in [0.1, 0.15) is 49.7 Å². The maximum absolute atomic E-state index is 6.32. The first-order valence-electron chi connectivity index (χ1n) is 10.4. The van der Waals surface area contributed by atoms with Crippen LogP contribution in [0.2, 0.25) is 0 Å². The number of nitrogens with two attached hydrogens (primary N) is 1. The third-order valence-corrected chi connectivity index (χ3v) is 6.14. The molecule has 2 saturated carbocycles. The van der Waals surface area contributed by atoms with E-state index in [1.807, 2.05) is 24.3 Å². The van der Waals surface area contributed by atoms with Gasteiger partial charge in [-0.25, -0.2) is 0 Å². The van der Waals surface area contributed by atoms with E-state index in [9.17, 15) is 0 Å². The van der Waals surface area contributed by atoms with Crippen LogP contribution in [-0.4, -0.2) is 19.8 Å². The van der Waals surface area contributed by atoms with Gasteiger partial charge in [-0.1, -0.05) is 36.1 Å². The number of hydrogen-bond acceptors (Lipinski definition) is 3. The predicted octanol–water partition coefficient (Wildman–Crippen LogP) is 4.67.